The predicted molar refractivity (Wildman–Crippen MR) is 125 cm³/mol. The molecule has 3 aromatic heterocycles. The fourth-order valence-electron chi connectivity index (χ4n) is 3.31. The van der Waals surface area contributed by atoms with Gasteiger partial charge < -0.3 is 8.98 Å². The Morgan fingerprint density at radius 1 is 0.906 bits per heavy atom. The number of nitrogens with zero attached hydrogens (tertiary/aromatic N) is 5. The van der Waals surface area contributed by atoms with Crippen molar-refractivity contribution < 1.29 is 4.42 Å². The van der Waals surface area contributed by atoms with E-state index in [4.69, 9.17) is 21.0 Å². The predicted octanol–water partition coefficient (Wildman–Crippen LogP) is 6.31. The highest BCUT2D eigenvalue weighted by atomic mass is 35.5. The van der Waals surface area contributed by atoms with Gasteiger partial charge in [-0.05, 0) is 48.5 Å². The van der Waals surface area contributed by atoms with Gasteiger partial charge in [-0.1, -0.05) is 41.6 Å². The summed E-state index contributed by atoms with van der Waals surface area (Å²) >= 11 is 7.71. The zero-order valence-corrected chi connectivity index (χ0v) is 18.9. The van der Waals surface area contributed by atoms with E-state index in [1.165, 1.54) is 0 Å². The maximum atomic E-state index is 6.07. The normalized spacial score (nSPS) is 11.1. The van der Waals surface area contributed by atoms with Crippen LogP contribution in [0, 0.1) is 6.92 Å². The van der Waals surface area contributed by atoms with E-state index >= 15 is 0 Å². The van der Waals surface area contributed by atoms with E-state index in [-0.39, 0.29) is 0 Å². The second-order valence-corrected chi connectivity index (χ2v) is 8.62. The van der Waals surface area contributed by atoms with Gasteiger partial charge in [-0.15, -0.1) is 10.2 Å². The number of halogens is 1. The van der Waals surface area contributed by atoms with Crippen molar-refractivity contribution in [1.82, 2.24) is 24.7 Å². The Morgan fingerprint density at radius 3 is 2.31 bits per heavy atom. The van der Waals surface area contributed by atoms with Crippen LogP contribution in [0.15, 0.2) is 87.3 Å². The maximum absolute atomic E-state index is 6.07. The van der Waals surface area contributed by atoms with E-state index in [0.29, 0.717) is 16.8 Å². The van der Waals surface area contributed by atoms with Crippen molar-refractivity contribution in [3.05, 3.63) is 83.8 Å². The standard InChI is InChI=1S/C24H18ClN5OS/c1-15-28-29-23(31-15)17-8-6-16(7-9-17)21-24(32-19-12-10-18(25)11-13-19)30(2)22(27-21)20-5-3-4-14-26-20/h3-14H,1-2H3. The van der Waals surface area contributed by atoms with Crippen LogP contribution in [-0.2, 0) is 7.05 Å². The molecule has 0 N–H and O–H groups in total. The Hall–Kier alpha value is -3.42. The highest BCUT2D eigenvalue weighted by Gasteiger charge is 2.20. The van der Waals surface area contributed by atoms with Crippen LogP contribution < -0.4 is 0 Å². The van der Waals surface area contributed by atoms with Crippen LogP contribution in [0.1, 0.15) is 5.89 Å². The van der Waals surface area contributed by atoms with Crippen molar-refractivity contribution in [3.63, 3.8) is 0 Å². The Morgan fingerprint density at radius 2 is 1.66 bits per heavy atom. The van der Waals surface area contributed by atoms with Gasteiger partial charge in [-0.2, -0.15) is 0 Å². The quantitative estimate of drug-likeness (QED) is 0.306. The average Bonchev–Trinajstić information content (AvgIpc) is 3.40. The SMILES string of the molecule is Cc1nnc(-c2ccc(-c3nc(-c4ccccn4)n(C)c3Sc3ccc(Cl)cc3)cc2)o1. The molecule has 0 aliphatic heterocycles. The van der Waals surface area contributed by atoms with Crippen molar-refractivity contribution in [2.75, 3.05) is 0 Å². The first-order valence-electron chi connectivity index (χ1n) is 9.91. The lowest BCUT2D eigenvalue weighted by Gasteiger charge is -2.08. The number of benzene rings is 2. The fraction of sp³-hybridized carbons (Fsp3) is 0.0833. The molecular weight excluding hydrogens is 442 g/mol. The minimum Gasteiger partial charge on any atom is -0.421 e. The van der Waals surface area contributed by atoms with Crippen LogP contribution in [-0.4, -0.2) is 24.7 Å². The van der Waals surface area contributed by atoms with Crippen LogP contribution in [0.4, 0.5) is 0 Å². The van der Waals surface area contributed by atoms with Crippen molar-refractivity contribution in [1.29, 1.82) is 0 Å². The summed E-state index contributed by atoms with van der Waals surface area (Å²) in [5, 5.41) is 9.72. The minimum atomic E-state index is 0.500. The molecule has 158 valence electrons. The summed E-state index contributed by atoms with van der Waals surface area (Å²) in [6.07, 6.45) is 1.77. The molecule has 6 nitrogen and oxygen atoms in total. The van der Waals surface area contributed by atoms with Gasteiger partial charge in [0.2, 0.25) is 11.8 Å². The molecule has 0 amide bonds. The summed E-state index contributed by atoms with van der Waals surface area (Å²) in [6.45, 7) is 1.78. The lowest BCUT2D eigenvalue weighted by atomic mass is 10.1. The summed E-state index contributed by atoms with van der Waals surface area (Å²) < 4.78 is 7.62. The third-order valence-corrected chi connectivity index (χ3v) is 6.32. The second kappa shape index (κ2) is 8.61. The molecule has 0 aliphatic rings. The second-order valence-electron chi connectivity index (χ2n) is 7.12. The molecule has 0 aliphatic carbocycles. The van der Waals surface area contributed by atoms with Gasteiger partial charge in [0.25, 0.3) is 0 Å². The molecule has 0 radical (unpaired) electrons. The van der Waals surface area contributed by atoms with Crippen molar-refractivity contribution in [3.8, 4) is 34.2 Å². The third kappa shape index (κ3) is 4.04. The lowest BCUT2D eigenvalue weighted by Crippen LogP contribution is -1.95. The molecule has 0 fully saturated rings. The maximum Gasteiger partial charge on any atom is 0.247 e. The van der Waals surface area contributed by atoms with Crippen LogP contribution >= 0.6 is 23.4 Å². The summed E-state index contributed by atoms with van der Waals surface area (Å²) in [6, 6.07) is 21.6. The first-order chi connectivity index (χ1) is 15.6. The molecule has 5 rings (SSSR count). The minimum absolute atomic E-state index is 0.500. The Labute approximate surface area is 194 Å². The van der Waals surface area contributed by atoms with Gasteiger partial charge >= 0.3 is 0 Å². The van der Waals surface area contributed by atoms with Gasteiger partial charge in [-0.3, -0.25) is 4.98 Å². The molecular formula is C24H18ClN5OS. The molecule has 5 aromatic rings. The largest absolute Gasteiger partial charge is 0.421 e. The average molecular weight is 460 g/mol. The highest BCUT2D eigenvalue weighted by molar-refractivity contribution is 7.99. The number of rotatable bonds is 5. The number of hydrogen-bond donors (Lipinski definition) is 0. The molecule has 0 unspecified atom stereocenters. The van der Waals surface area contributed by atoms with E-state index in [9.17, 15) is 0 Å². The van der Waals surface area contributed by atoms with Gasteiger partial charge in [0.1, 0.15) is 16.4 Å². The molecule has 0 atom stereocenters. The molecule has 0 spiro atoms. The van der Waals surface area contributed by atoms with Gasteiger partial charge in [0.15, 0.2) is 5.82 Å². The van der Waals surface area contributed by atoms with Crippen LogP contribution in [0.25, 0.3) is 34.2 Å². The number of pyridine rings is 1. The summed E-state index contributed by atoms with van der Waals surface area (Å²) in [7, 11) is 2.01. The third-order valence-electron chi connectivity index (χ3n) is 4.90. The molecule has 0 bridgehead atoms. The van der Waals surface area contributed by atoms with Crippen LogP contribution in [0.3, 0.4) is 0 Å². The monoisotopic (exact) mass is 459 g/mol. The lowest BCUT2D eigenvalue weighted by molar-refractivity contribution is 0.533. The zero-order chi connectivity index (χ0) is 22.1. The van der Waals surface area contributed by atoms with E-state index in [2.05, 4.69) is 19.7 Å². The highest BCUT2D eigenvalue weighted by Crippen LogP contribution is 2.39. The van der Waals surface area contributed by atoms with Crippen molar-refractivity contribution >= 4 is 23.4 Å². The smallest absolute Gasteiger partial charge is 0.247 e. The fourth-order valence-corrected chi connectivity index (χ4v) is 4.42. The number of aryl methyl sites for hydroxylation is 1. The van der Waals surface area contributed by atoms with Gasteiger partial charge in [0.05, 0.1) is 0 Å². The molecule has 32 heavy (non-hydrogen) atoms. The van der Waals surface area contributed by atoms with E-state index in [1.54, 1.807) is 24.9 Å². The number of hydrogen-bond acceptors (Lipinski definition) is 6. The molecule has 0 saturated carbocycles. The molecule has 0 saturated heterocycles. The summed E-state index contributed by atoms with van der Waals surface area (Å²) in [5.41, 5.74) is 3.54. The summed E-state index contributed by atoms with van der Waals surface area (Å²) in [5.74, 6) is 1.84. The molecule has 2 aromatic carbocycles. The first-order valence-corrected chi connectivity index (χ1v) is 11.1. The van der Waals surface area contributed by atoms with E-state index < -0.39 is 0 Å². The Bertz CT molecular complexity index is 1360. The van der Waals surface area contributed by atoms with E-state index in [1.807, 2.05) is 73.8 Å². The number of aromatic nitrogens is 5. The molecule has 8 heteroatoms. The Kier molecular flexibility index (Phi) is 5.51. The summed E-state index contributed by atoms with van der Waals surface area (Å²) in [4.78, 5) is 10.5. The Balaban J connectivity index is 1.59. The van der Waals surface area contributed by atoms with Crippen molar-refractivity contribution in [2.45, 2.75) is 16.8 Å². The topological polar surface area (TPSA) is 69.6 Å². The van der Waals surface area contributed by atoms with Gasteiger partial charge in [-0.25, -0.2) is 4.98 Å². The van der Waals surface area contributed by atoms with E-state index in [0.717, 1.165) is 38.3 Å². The van der Waals surface area contributed by atoms with Crippen molar-refractivity contribution in [2.24, 2.45) is 7.05 Å². The molecule has 3 heterocycles. The van der Waals surface area contributed by atoms with Gasteiger partial charge in [0, 0.05) is 41.2 Å². The number of imidazole rings is 1. The van der Waals surface area contributed by atoms with Crippen LogP contribution in [0.5, 0.6) is 0 Å². The zero-order valence-electron chi connectivity index (χ0n) is 17.4. The van der Waals surface area contributed by atoms with Crippen LogP contribution in [0.2, 0.25) is 5.02 Å². The first kappa shape index (κ1) is 20.5.